The van der Waals surface area contributed by atoms with Crippen LogP contribution in [0.25, 0.3) is 10.9 Å². The summed E-state index contributed by atoms with van der Waals surface area (Å²) in [5.41, 5.74) is 1.96. The lowest BCUT2D eigenvalue weighted by Gasteiger charge is -2.24. The number of nitrogens with one attached hydrogen (secondary N) is 2. The maximum absolute atomic E-state index is 10.6. The lowest BCUT2D eigenvalue weighted by atomic mass is 9.84. The van der Waals surface area contributed by atoms with Gasteiger partial charge in [-0.2, -0.15) is 0 Å². The average Bonchev–Trinajstić information content (AvgIpc) is 2.71. The predicted molar refractivity (Wildman–Crippen MR) is 67.4 cm³/mol. The first-order valence-electron chi connectivity index (χ1n) is 5.54. The number of H-pyrrole nitrogens is 1. The third-order valence-corrected chi connectivity index (χ3v) is 3.00. The second-order valence-electron chi connectivity index (χ2n) is 4.79. The number of hydrogen-bond donors (Lipinski definition) is 3. The highest BCUT2D eigenvalue weighted by atomic mass is 16.4. The summed E-state index contributed by atoms with van der Waals surface area (Å²) in [4.78, 5) is 13.8. The van der Waals surface area contributed by atoms with Crippen molar-refractivity contribution in [2.24, 2.45) is 0 Å². The van der Waals surface area contributed by atoms with Crippen LogP contribution in [0.15, 0.2) is 30.5 Å². The van der Waals surface area contributed by atoms with E-state index in [-0.39, 0.29) is 5.41 Å². The Balaban J connectivity index is 2.35. The standard InChI is InChI=1S/C13H16N2O2/c1-13(2,8-15-12(16)17)10-7-14-11-6-4-3-5-9(10)11/h3-7,14-15H,8H2,1-2H3,(H,16,17). The van der Waals surface area contributed by atoms with Gasteiger partial charge >= 0.3 is 6.09 Å². The van der Waals surface area contributed by atoms with Gasteiger partial charge in [-0.3, -0.25) is 0 Å². The Labute approximate surface area is 99.7 Å². The summed E-state index contributed by atoms with van der Waals surface area (Å²) < 4.78 is 0. The van der Waals surface area contributed by atoms with Gasteiger partial charge in [-0.1, -0.05) is 32.0 Å². The van der Waals surface area contributed by atoms with Crippen molar-refractivity contribution >= 4 is 17.0 Å². The molecule has 0 spiro atoms. The van der Waals surface area contributed by atoms with Crippen LogP contribution in [-0.2, 0) is 5.41 Å². The van der Waals surface area contributed by atoms with Gasteiger partial charge in [0.15, 0.2) is 0 Å². The molecule has 0 aliphatic rings. The molecule has 0 atom stereocenters. The zero-order valence-corrected chi connectivity index (χ0v) is 9.95. The van der Waals surface area contributed by atoms with E-state index in [1.165, 1.54) is 0 Å². The lowest BCUT2D eigenvalue weighted by Crippen LogP contribution is -2.35. The van der Waals surface area contributed by atoms with Crippen molar-refractivity contribution in [3.8, 4) is 0 Å². The Kier molecular flexibility index (Phi) is 2.79. The Morgan fingerprint density at radius 1 is 1.41 bits per heavy atom. The normalized spacial score (nSPS) is 11.6. The highest BCUT2D eigenvalue weighted by Gasteiger charge is 2.24. The van der Waals surface area contributed by atoms with Gasteiger partial charge in [0.25, 0.3) is 0 Å². The smallest absolute Gasteiger partial charge is 0.404 e. The van der Waals surface area contributed by atoms with E-state index in [0.29, 0.717) is 6.54 Å². The number of aromatic nitrogens is 1. The molecule has 1 aromatic carbocycles. The molecule has 4 nitrogen and oxygen atoms in total. The third kappa shape index (κ3) is 2.25. The number of amides is 1. The highest BCUT2D eigenvalue weighted by Crippen LogP contribution is 2.29. The lowest BCUT2D eigenvalue weighted by molar-refractivity contribution is 0.192. The van der Waals surface area contributed by atoms with Crippen molar-refractivity contribution in [3.05, 3.63) is 36.0 Å². The maximum atomic E-state index is 10.6. The third-order valence-electron chi connectivity index (χ3n) is 3.00. The van der Waals surface area contributed by atoms with E-state index in [1.807, 2.05) is 44.3 Å². The van der Waals surface area contributed by atoms with E-state index in [0.717, 1.165) is 16.5 Å². The van der Waals surface area contributed by atoms with Gasteiger partial charge in [-0.25, -0.2) is 4.79 Å². The summed E-state index contributed by atoms with van der Waals surface area (Å²) >= 11 is 0. The van der Waals surface area contributed by atoms with E-state index in [4.69, 9.17) is 5.11 Å². The molecule has 0 fully saturated rings. The van der Waals surface area contributed by atoms with Crippen molar-refractivity contribution in [2.75, 3.05) is 6.54 Å². The second kappa shape index (κ2) is 4.13. The number of rotatable bonds is 3. The Hall–Kier alpha value is -1.97. The number of benzene rings is 1. The van der Waals surface area contributed by atoms with Crippen LogP contribution in [0.5, 0.6) is 0 Å². The number of para-hydroxylation sites is 1. The van der Waals surface area contributed by atoms with Gasteiger partial charge in [-0.15, -0.1) is 0 Å². The summed E-state index contributed by atoms with van der Waals surface area (Å²) in [5, 5.41) is 12.3. The largest absolute Gasteiger partial charge is 0.465 e. The fraction of sp³-hybridized carbons (Fsp3) is 0.308. The van der Waals surface area contributed by atoms with E-state index < -0.39 is 6.09 Å². The number of carbonyl (C=O) groups is 1. The van der Waals surface area contributed by atoms with Crippen LogP contribution in [0.3, 0.4) is 0 Å². The minimum atomic E-state index is -0.988. The molecule has 3 N–H and O–H groups in total. The molecule has 0 aliphatic carbocycles. The predicted octanol–water partition coefficient (Wildman–Crippen LogP) is 2.71. The fourth-order valence-electron chi connectivity index (χ4n) is 2.02. The fourth-order valence-corrected chi connectivity index (χ4v) is 2.02. The van der Waals surface area contributed by atoms with Crippen LogP contribution in [0.2, 0.25) is 0 Å². The summed E-state index contributed by atoms with van der Waals surface area (Å²) in [5.74, 6) is 0. The molecule has 0 radical (unpaired) electrons. The molecule has 0 saturated heterocycles. The zero-order valence-electron chi connectivity index (χ0n) is 9.95. The quantitative estimate of drug-likeness (QED) is 0.761. The van der Waals surface area contributed by atoms with Crippen molar-refractivity contribution in [2.45, 2.75) is 19.3 Å². The van der Waals surface area contributed by atoms with Gasteiger partial charge in [0.05, 0.1) is 0 Å². The van der Waals surface area contributed by atoms with Crippen LogP contribution in [0, 0.1) is 0 Å². The first-order chi connectivity index (χ1) is 8.00. The molecule has 0 saturated carbocycles. The highest BCUT2D eigenvalue weighted by molar-refractivity contribution is 5.84. The van der Waals surface area contributed by atoms with Crippen LogP contribution < -0.4 is 5.32 Å². The number of aromatic amines is 1. The Morgan fingerprint density at radius 3 is 2.82 bits per heavy atom. The van der Waals surface area contributed by atoms with Gasteiger partial charge in [0.2, 0.25) is 0 Å². The molecular weight excluding hydrogens is 216 g/mol. The minimum Gasteiger partial charge on any atom is -0.465 e. The Bertz CT molecular complexity index is 543. The minimum absolute atomic E-state index is 0.238. The molecule has 1 aromatic heterocycles. The van der Waals surface area contributed by atoms with Gasteiger partial charge in [0.1, 0.15) is 0 Å². The van der Waals surface area contributed by atoms with Gasteiger partial charge in [0, 0.05) is 29.1 Å². The van der Waals surface area contributed by atoms with E-state index in [2.05, 4.69) is 10.3 Å². The van der Waals surface area contributed by atoms with Crippen LogP contribution in [-0.4, -0.2) is 22.7 Å². The zero-order chi connectivity index (χ0) is 12.5. The van der Waals surface area contributed by atoms with E-state index >= 15 is 0 Å². The number of hydrogen-bond acceptors (Lipinski definition) is 1. The first kappa shape index (κ1) is 11.5. The molecule has 0 bridgehead atoms. The van der Waals surface area contributed by atoms with Gasteiger partial charge < -0.3 is 15.4 Å². The Morgan fingerprint density at radius 2 is 2.12 bits per heavy atom. The molecule has 2 rings (SSSR count). The molecule has 0 aliphatic heterocycles. The van der Waals surface area contributed by atoms with Crippen molar-refractivity contribution in [1.82, 2.24) is 10.3 Å². The van der Waals surface area contributed by atoms with E-state index in [1.54, 1.807) is 0 Å². The summed E-state index contributed by atoms with van der Waals surface area (Å²) in [6.07, 6.45) is 0.965. The van der Waals surface area contributed by atoms with Gasteiger partial charge in [-0.05, 0) is 11.6 Å². The molecule has 17 heavy (non-hydrogen) atoms. The van der Waals surface area contributed by atoms with Crippen LogP contribution in [0.1, 0.15) is 19.4 Å². The van der Waals surface area contributed by atoms with Crippen LogP contribution >= 0.6 is 0 Å². The maximum Gasteiger partial charge on any atom is 0.404 e. The number of fused-ring (bicyclic) bond motifs is 1. The SMILES string of the molecule is CC(C)(CNC(=O)O)c1c[nH]c2ccccc12. The summed E-state index contributed by atoms with van der Waals surface area (Å²) in [6, 6.07) is 8.02. The molecular formula is C13H16N2O2. The first-order valence-corrected chi connectivity index (χ1v) is 5.54. The number of carboxylic acid groups (broad SMARTS) is 1. The molecule has 1 heterocycles. The summed E-state index contributed by atoms with van der Waals surface area (Å²) in [7, 11) is 0. The van der Waals surface area contributed by atoms with E-state index in [9.17, 15) is 4.79 Å². The van der Waals surface area contributed by atoms with Crippen LogP contribution in [0.4, 0.5) is 4.79 Å². The molecule has 2 aromatic rings. The average molecular weight is 232 g/mol. The van der Waals surface area contributed by atoms with Crippen molar-refractivity contribution in [1.29, 1.82) is 0 Å². The molecule has 0 unspecified atom stereocenters. The monoisotopic (exact) mass is 232 g/mol. The van der Waals surface area contributed by atoms with Crippen molar-refractivity contribution < 1.29 is 9.90 Å². The molecule has 4 heteroatoms. The summed E-state index contributed by atoms with van der Waals surface area (Å²) in [6.45, 7) is 4.45. The molecule has 1 amide bonds. The topological polar surface area (TPSA) is 65.1 Å². The molecule has 90 valence electrons. The van der Waals surface area contributed by atoms with Crippen molar-refractivity contribution in [3.63, 3.8) is 0 Å². The second-order valence-corrected chi connectivity index (χ2v) is 4.79.